The number of nitrogens with zero attached hydrogens (tertiary/aromatic N) is 1. The molecule has 3 N–H and O–H groups in total. The highest BCUT2D eigenvalue weighted by atomic mass is 32.1. The quantitative estimate of drug-likeness (QED) is 0.639. The third kappa shape index (κ3) is 5.62. The van der Waals surface area contributed by atoms with E-state index in [1.54, 1.807) is 6.92 Å². The van der Waals surface area contributed by atoms with Gasteiger partial charge in [0.2, 0.25) is 0 Å². The van der Waals surface area contributed by atoms with Crippen LogP contribution < -0.4 is 0 Å². The summed E-state index contributed by atoms with van der Waals surface area (Å²) in [5.74, 6) is -0.959. The van der Waals surface area contributed by atoms with Gasteiger partial charge in [0.05, 0.1) is 5.01 Å². The third-order valence-electron chi connectivity index (χ3n) is 0.838. The van der Waals surface area contributed by atoms with Gasteiger partial charge >= 0.3 is 12.1 Å². The zero-order chi connectivity index (χ0) is 10.4. The van der Waals surface area contributed by atoms with E-state index in [4.69, 9.17) is 20.1 Å². The van der Waals surface area contributed by atoms with Crippen LogP contribution in [0.1, 0.15) is 15.5 Å². The minimum absolute atomic E-state index is 0.137. The van der Waals surface area contributed by atoms with Gasteiger partial charge in [-0.15, -0.1) is 11.3 Å². The molecule has 1 heterocycles. The molecule has 0 saturated heterocycles. The number of hydrogen-bond donors (Lipinski definition) is 3. The van der Waals surface area contributed by atoms with Gasteiger partial charge in [-0.2, -0.15) is 0 Å². The zero-order valence-electron chi connectivity index (χ0n) is 6.59. The summed E-state index contributed by atoms with van der Waals surface area (Å²) in [5.41, 5.74) is 0.137. The first-order valence-electron chi connectivity index (χ1n) is 3.00. The molecule has 0 aliphatic heterocycles. The molecule has 6 nitrogen and oxygen atoms in total. The van der Waals surface area contributed by atoms with Gasteiger partial charge in [-0.1, -0.05) is 0 Å². The average Bonchev–Trinajstić information content (AvgIpc) is 2.34. The first kappa shape index (κ1) is 11.4. The van der Waals surface area contributed by atoms with Crippen LogP contribution in [0.15, 0.2) is 5.38 Å². The number of carbonyl (C=O) groups is 2. The van der Waals surface area contributed by atoms with E-state index in [1.165, 1.54) is 16.7 Å². The molecule has 0 aromatic carbocycles. The van der Waals surface area contributed by atoms with Gasteiger partial charge in [-0.3, -0.25) is 0 Å². The maximum absolute atomic E-state index is 10.2. The van der Waals surface area contributed by atoms with Gasteiger partial charge in [-0.05, 0) is 6.92 Å². The lowest BCUT2D eigenvalue weighted by Gasteiger charge is -1.79. The molecule has 0 aliphatic rings. The number of carboxylic acid groups (broad SMARTS) is 3. The molecule has 13 heavy (non-hydrogen) atoms. The molecular weight excluding hydrogens is 198 g/mol. The van der Waals surface area contributed by atoms with E-state index in [9.17, 15) is 4.79 Å². The summed E-state index contributed by atoms with van der Waals surface area (Å²) >= 11 is 1.34. The fraction of sp³-hybridized carbons (Fsp3) is 0.167. The number of aryl methyl sites for hydroxylation is 1. The number of rotatable bonds is 1. The van der Waals surface area contributed by atoms with Gasteiger partial charge in [0.15, 0.2) is 5.69 Å². The van der Waals surface area contributed by atoms with Crippen LogP contribution in [0.5, 0.6) is 0 Å². The normalized spacial score (nSPS) is 8.38. The number of hydrogen-bond acceptors (Lipinski definition) is 4. The Kier molecular flexibility index (Phi) is 4.45. The molecule has 7 heteroatoms. The molecule has 0 atom stereocenters. The van der Waals surface area contributed by atoms with Crippen molar-refractivity contribution in [3.8, 4) is 0 Å². The minimum Gasteiger partial charge on any atom is -0.476 e. The van der Waals surface area contributed by atoms with Crippen molar-refractivity contribution in [2.75, 3.05) is 0 Å². The van der Waals surface area contributed by atoms with Gasteiger partial charge in [0, 0.05) is 5.38 Å². The largest absolute Gasteiger partial charge is 0.503 e. The molecule has 1 aromatic rings. The van der Waals surface area contributed by atoms with Crippen LogP contribution in [0.3, 0.4) is 0 Å². The Bertz CT molecular complexity index is 304. The summed E-state index contributed by atoms with van der Waals surface area (Å²) < 4.78 is 0. The number of thiazole rings is 1. The molecule has 0 aliphatic carbocycles. The molecule has 0 bridgehead atoms. The van der Waals surface area contributed by atoms with Crippen molar-refractivity contribution < 1.29 is 24.9 Å². The van der Waals surface area contributed by atoms with Gasteiger partial charge in [-0.25, -0.2) is 14.6 Å². The molecule has 0 unspecified atom stereocenters. The first-order chi connectivity index (χ1) is 5.93. The fourth-order valence-electron chi connectivity index (χ4n) is 0.462. The summed E-state index contributed by atoms with van der Waals surface area (Å²) in [7, 11) is 0. The average molecular weight is 205 g/mol. The highest BCUT2D eigenvalue weighted by Crippen LogP contribution is 2.06. The molecular formula is C6H7NO5S. The van der Waals surface area contributed by atoms with E-state index in [0.717, 1.165) is 5.01 Å². The molecule has 1 rings (SSSR count). The summed E-state index contributed by atoms with van der Waals surface area (Å²) in [6.45, 7) is 1.77. The fourth-order valence-corrected chi connectivity index (χ4v) is 1.05. The Morgan fingerprint density at radius 1 is 1.38 bits per heavy atom. The van der Waals surface area contributed by atoms with Gasteiger partial charge in [0.25, 0.3) is 0 Å². The predicted molar refractivity (Wildman–Crippen MR) is 44.5 cm³/mol. The van der Waals surface area contributed by atoms with Crippen molar-refractivity contribution >= 4 is 23.5 Å². The summed E-state index contributed by atoms with van der Waals surface area (Å²) in [5, 5.41) is 24.6. The van der Waals surface area contributed by atoms with Crippen LogP contribution in [0, 0.1) is 6.92 Å². The van der Waals surface area contributed by atoms with E-state index in [1.807, 2.05) is 0 Å². The molecule has 1 aromatic heterocycles. The van der Waals surface area contributed by atoms with Crippen molar-refractivity contribution in [1.29, 1.82) is 0 Å². The molecule has 0 saturated carbocycles. The van der Waals surface area contributed by atoms with E-state index in [0.29, 0.717) is 0 Å². The second-order valence-corrected chi connectivity index (χ2v) is 2.90. The number of aromatic carboxylic acids is 1. The monoisotopic (exact) mass is 205 g/mol. The van der Waals surface area contributed by atoms with E-state index in [-0.39, 0.29) is 5.69 Å². The summed E-state index contributed by atoms with van der Waals surface area (Å²) in [4.78, 5) is 22.4. The van der Waals surface area contributed by atoms with Crippen LogP contribution in [0.2, 0.25) is 0 Å². The Hall–Kier alpha value is -1.63. The van der Waals surface area contributed by atoms with Crippen molar-refractivity contribution in [3.63, 3.8) is 0 Å². The maximum atomic E-state index is 10.2. The Morgan fingerprint density at radius 2 is 1.85 bits per heavy atom. The number of carboxylic acids is 1. The zero-order valence-corrected chi connectivity index (χ0v) is 7.41. The molecule has 0 fully saturated rings. The van der Waals surface area contributed by atoms with Crippen LogP contribution in [0.25, 0.3) is 0 Å². The van der Waals surface area contributed by atoms with Crippen molar-refractivity contribution in [1.82, 2.24) is 4.98 Å². The van der Waals surface area contributed by atoms with Crippen LogP contribution >= 0.6 is 11.3 Å². The maximum Gasteiger partial charge on any atom is 0.503 e. The Morgan fingerprint density at radius 3 is 2.00 bits per heavy atom. The van der Waals surface area contributed by atoms with Crippen LogP contribution in [0.4, 0.5) is 4.79 Å². The molecule has 0 amide bonds. The minimum atomic E-state index is -1.83. The lowest BCUT2D eigenvalue weighted by molar-refractivity contribution is 0.0691. The topological polar surface area (TPSA) is 108 Å². The van der Waals surface area contributed by atoms with Crippen LogP contribution in [-0.4, -0.2) is 32.4 Å². The molecule has 72 valence electrons. The van der Waals surface area contributed by atoms with Crippen molar-refractivity contribution in [3.05, 3.63) is 16.1 Å². The number of aromatic nitrogens is 1. The lowest BCUT2D eigenvalue weighted by Crippen LogP contribution is -1.95. The SMILES string of the molecule is Cc1nc(C(=O)O)cs1.O=C(O)O. The van der Waals surface area contributed by atoms with E-state index >= 15 is 0 Å². The van der Waals surface area contributed by atoms with Gasteiger partial charge in [0.1, 0.15) is 0 Å². The van der Waals surface area contributed by atoms with E-state index in [2.05, 4.69) is 4.98 Å². The third-order valence-corrected chi connectivity index (χ3v) is 1.61. The summed E-state index contributed by atoms with van der Waals surface area (Å²) in [6, 6.07) is 0. The van der Waals surface area contributed by atoms with Crippen molar-refractivity contribution in [2.24, 2.45) is 0 Å². The second kappa shape index (κ2) is 5.09. The van der Waals surface area contributed by atoms with Gasteiger partial charge < -0.3 is 15.3 Å². The standard InChI is InChI=1S/C5H5NO2S.CH2O3/c1-3-6-4(2-9-3)5(7)8;2-1(3)4/h2H,1H3,(H,7,8);(H2,2,3,4). The Balaban J connectivity index is 0.000000310. The molecule has 0 spiro atoms. The smallest absolute Gasteiger partial charge is 0.476 e. The Labute approximate surface area is 77.1 Å². The first-order valence-corrected chi connectivity index (χ1v) is 3.88. The highest BCUT2D eigenvalue weighted by molar-refractivity contribution is 7.09. The molecule has 0 radical (unpaired) electrons. The second-order valence-electron chi connectivity index (χ2n) is 1.84. The highest BCUT2D eigenvalue weighted by Gasteiger charge is 2.04. The summed E-state index contributed by atoms with van der Waals surface area (Å²) in [6.07, 6.45) is -1.83. The predicted octanol–water partition coefficient (Wildman–Crippen LogP) is 1.37. The van der Waals surface area contributed by atoms with Crippen LogP contribution in [-0.2, 0) is 0 Å². The van der Waals surface area contributed by atoms with E-state index < -0.39 is 12.1 Å². The van der Waals surface area contributed by atoms with Crippen molar-refractivity contribution in [2.45, 2.75) is 6.92 Å². The lowest BCUT2D eigenvalue weighted by atomic mass is 10.5.